The Labute approximate surface area is 154 Å². The zero-order valence-corrected chi connectivity index (χ0v) is 15.5. The Morgan fingerprint density at radius 3 is 2.38 bits per heavy atom. The van der Waals surface area contributed by atoms with E-state index in [9.17, 15) is 9.59 Å². The molecule has 2 aromatic carbocycles. The van der Waals surface area contributed by atoms with Crippen molar-refractivity contribution in [2.24, 2.45) is 5.92 Å². The molecular weight excluding hydrogens is 328 g/mol. The molecule has 0 bridgehead atoms. The molecule has 0 saturated heterocycles. The highest BCUT2D eigenvalue weighted by atomic mass is 16.5. The zero-order valence-electron chi connectivity index (χ0n) is 15.5. The number of anilines is 1. The number of carbonyl (C=O) groups is 2. The monoisotopic (exact) mass is 354 g/mol. The fraction of sp³-hybridized carbons (Fsp3) is 0.333. The lowest BCUT2D eigenvalue weighted by Gasteiger charge is -2.11. The maximum absolute atomic E-state index is 12.5. The normalized spacial score (nSPS) is 10.5. The van der Waals surface area contributed by atoms with Crippen molar-refractivity contribution in [1.82, 2.24) is 5.32 Å². The van der Waals surface area contributed by atoms with Crippen LogP contribution in [0.5, 0.6) is 5.75 Å². The van der Waals surface area contributed by atoms with Crippen LogP contribution in [0.25, 0.3) is 0 Å². The van der Waals surface area contributed by atoms with E-state index in [4.69, 9.17) is 4.74 Å². The number of ether oxygens (including phenoxy) is 1. The molecule has 0 unspecified atom stereocenters. The molecule has 0 saturated carbocycles. The summed E-state index contributed by atoms with van der Waals surface area (Å²) in [6.45, 7) is 7.36. The molecule has 26 heavy (non-hydrogen) atoms. The Morgan fingerprint density at radius 1 is 1.00 bits per heavy atom. The second kappa shape index (κ2) is 9.61. The molecule has 138 valence electrons. The molecule has 5 nitrogen and oxygen atoms in total. The molecule has 2 rings (SSSR count). The quantitative estimate of drug-likeness (QED) is 0.749. The molecule has 0 aliphatic heterocycles. The molecule has 0 aromatic heterocycles. The van der Waals surface area contributed by atoms with Crippen molar-refractivity contribution in [2.45, 2.75) is 27.2 Å². The van der Waals surface area contributed by atoms with Gasteiger partial charge in [-0.15, -0.1) is 0 Å². The van der Waals surface area contributed by atoms with Crippen LogP contribution in [0.1, 0.15) is 47.9 Å². The van der Waals surface area contributed by atoms with Gasteiger partial charge in [0.15, 0.2) is 0 Å². The van der Waals surface area contributed by atoms with E-state index in [2.05, 4.69) is 24.5 Å². The van der Waals surface area contributed by atoms with Gasteiger partial charge in [-0.1, -0.05) is 32.9 Å². The lowest BCUT2D eigenvalue weighted by Crippen LogP contribution is -2.24. The summed E-state index contributed by atoms with van der Waals surface area (Å²) in [4.78, 5) is 24.5. The van der Waals surface area contributed by atoms with Gasteiger partial charge in [0.2, 0.25) is 0 Å². The van der Waals surface area contributed by atoms with Crippen LogP contribution in [0.15, 0.2) is 48.5 Å². The van der Waals surface area contributed by atoms with Crippen molar-refractivity contribution in [3.05, 3.63) is 59.7 Å². The van der Waals surface area contributed by atoms with Crippen molar-refractivity contribution in [1.29, 1.82) is 0 Å². The minimum absolute atomic E-state index is 0.146. The molecule has 0 fully saturated rings. The van der Waals surface area contributed by atoms with Crippen LogP contribution in [-0.4, -0.2) is 25.0 Å². The minimum atomic E-state index is -0.244. The number of hydrogen-bond donors (Lipinski definition) is 2. The maximum Gasteiger partial charge on any atom is 0.255 e. The highest BCUT2D eigenvalue weighted by Crippen LogP contribution is 2.17. The van der Waals surface area contributed by atoms with Gasteiger partial charge in [0.1, 0.15) is 5.75 Å². The van der Waals surface area contributed by atoms with E-state index in [1.165, 1.54) is 0 Å². The molecule has 0 heterocycles. The molecule has 2 aromatic rings. The summed E-state index contributed by atoms with van der Waals surface area (Å²) in [5.74, 6) is 0.686. The fourth-order valence-electron chi connectivity index (χ4n) is 2.27. The van der Waals surface area contributed by atoms with Gasteiger partial charge < -0.3 is 15.4 Å². The second-order valence-electron chi connectivity index (χ2n) is 6.52. The number of amides is 2. The van der Waals surface area contributed by atoms with E-state index in [-0.39, 0.29) is 11.8 Å². The van der Waals surface area contributed by atoms with E-state index in [1.54, 1.807) is 42.5 Å². The Balaban J connectivity index is 2.05. The van der Waals surface area contributed by atoms with Crippen molar-refractivity contribution >= 4 is 17.5 Å². The van der Waals surface area contributed by atoms with Gasteiger partial charge >= 0.3 is 0 Å². The van der Waals surface area contributed by atoms with Gasteiger partial charge in [-0.2, -0.15) is 0 Å². The van der Waals surface area contributed by atoms with Gasteiger partial charge in [-0.05, 0) is 48.7 Å². The highest BCUT2D eigenvalue weighted by molar-refractivity contribution is 6.05. The number of rotatable bonds is 8. The topological polar surface area (TPSA) is 67.4 Å². The molecule has 2 N–H and O–H groups in total. The summed E-state index contributed by atoms with van der Waals surface area (Å²) in [6.07, 6.45) is 0.872. The predicted molar refractivity (Wildman–Crippen MR) is 104 cm³/mol. The molecule has 5 heteroatoms. The molecule has 0 aliphatic rings. The Morgan fingerprint density at radius 2 is 1.69 bits per heavy atom. The summed E-state index contributed by atoms with van der Waals surface area (Å²) in [7, 11) is 0. The molecule has 0 atom stereocenters. The Hall–Kier alpha value is -2.82. The van der Waals surface area contributed by atoms with Crippen molar-refractivity contribution in [2.75, 3.05) is 18.5 Å². The summed E-state index contributed by atoms with van der Waals surface area (Å²) < 4.78 is 5.66. The number of hydrogen-bond acceptors (Lipinski definition) is 3. The third-order valence-electron chi connectivity index (χ3n) is 3.60. The molecule has 0 radical (unpaired) electrons. The van der Waals surface area contributed by atoms with Gasteiger partial charge in [0, 0.05) is 23.4 Å². The lowest BCUT2D eigenvalue weighted by atomic mass is 10.1. The molecular formula is C21H26N2O3. The summed E-state index contributed by atoms with van der Waals surface area (Å²) in [5.41, 5.74) is 1.60. The van der Waals surface area contributed by atoms with E-state index >= 15 is 0 Å². The van der Waals surface area contributed by atoms with Crippen LogP contribution in [0.3, 0.4) is 0 Å². The summed E-state index contributed by atoms with van der Waals surface area (Å²) in [5, 5.41) is 5.65. The molecule has 2 amide bonds. The Bertz CT molecular complexity index is 756. The highest BCUT2D eigenvalue weighted by Gasteiger charge is 2.10. The largest absolute Gasteiger partial charge is 0.493 e. The third-order valence-corrected chi connectivity index (χ3v) is 3.60. The first-order valence-electron chi connectivity index (χ1n) is 8.92. The summed E-state index contributed by atoms with van der Waals surface area (Å²) >= 11 is 0. The van der Waals surface area contributed by atoms with Crippen molar-refractivity contribution < 1.29 is 14.3 Å². The third kappa shape index (κ3) is 5.92. The van der Waals surface area contributed by atoms with Crippen molar-refractivity contribution in [3.8, 4) is 5.75 Å². The van der Waals surface area contributed by atoms with E-state index in [0.717, 1.165) is 6.42 Å². The SMILES string of the molecule is CCCNC(=O)c1cccc(NC(=O)c2cccc(OCC(C)C)c2)c1. The first kappa shape index (κ1) is 19.5. The van der Waals surface area contributed by atoms with Crippen LogP contribution in [0.2, 0.25) is 0 Å². The second-order valence-corrected chi connectivity index (χ2v) is 6.52. The van der Waals surface area contributed by atoms with Gasteiger partial charge in [-0.3, -0.25) is 9.59 Å². The first-order valence-corrected chi connectivity index (χ1v) is 8.92. The van der Waals surface area contributed by atoms with Crippen LogP contribution >= 0.6 is 0 Å². The fourth-order valence-corrected chi connectivity index (χ4v) is 2.27. The minimum Gasteiger partial charge on any atom is -0.493 e. The number of carbonyl (C=O) groups excluding carboxylic acids is 2. The smallest absolute Gasteiger partial charge is 0.255 e. The van der Waals surface area contributed by atoms with E-state index in [0.29, 0.717) is 41.6 Å². The first-order chi connectivity index (χ1) is 12.5. The van der Waals surface area contributed by atoms with Crippen molar-refractivity contribution in [3.63, 3.8) is 0 Å². The lowest BCUT2D eigenvalue weighted by molar-refractivity contribution is 0.0952. The zero-order chi connectivity index (χ0) is 18.9. The average Bonchev–Trinajstić information content (AvgIpc) is 2.64. The number of nitrogens with one attached hydrogen (secondary N) is 2. The number of benzene rings is 2. The van der Waals surface area contributed by atoms with Crippen LogP contribution < -0.4 is 15.4 Å². The van der Waals surface area contributed by atoms with Crippen LogP contribution in [0, 0.1) is 5.92 Å². The van der Waals surface area contributed by atoms with E-state index in [1.807, 2.05) is 13.0 Å². The van der Waals surface area contributed by atoms with Gasteiger partial charge in [-0.25, -0.2) is 0 Å². The summed E-state index contributed by atoms with van der Waals surface area (Å²) in [6, 6.07) is 14.0. The van der Waals surface area contributed by atoms with Crippen LogP contribution in [0.4, 0.5) is 5.69 Å². The molecule has 0 aliphatic carbocycles. The predicted octanol–water partition coefficient (Wildman–Crippen LogP) is 4.11. The standard InChI is InChI=1S/C21H26N2O3/c1-4-11-22-20(24)16-7-5-9-18(12-16)23-21(25)17-8-6-10-19(13-17)26-14-15(2)3/h5-10,12-13,15H,4,11,14H2,1-3H3,(H,22,24)(H,23,25). The van der Waals surface area contributed by atoms with E-state index < -0.39 is 0 Å². The Kier molecular flexibility index (Phi) is 7.21. The van der Waals surface area contributed by atoms with Gasteiger partial charge in [0.25, 0.3) is 11.8 Å². The van der Waals surface area contributed by atoms with Gasteiger partial charge in [0.05, 0.1) is 6.61 Å². The maximum atomic E-state index is 12.5. The van der Waals surface area contributed by atoms with Crippen LogP contribution in [-0.2, 0) is 0 Å². The molecule has 0 spiro atoms. The average molecular weight is 354 g/mol.